The summed E-state index contributed by atoms with van der Waals surface area (Å²) in [6.45, 7) is 4.42. The van der Waals surface area contributed by atoms with Crippen molar-refractivity contribution in [2.45, 2.75) is 44.4 Å². The Morgan fingerprint density at radius 3 is 2.63 bits per heavy atom. The molecule has 5 nitrogen and oxygen atoms in total. The zero-order valence-corrected chi connectivity index (χ0v) is 12.5. The number of carbonyl (C=O) groups is 1. The van der Waals surface area contributed by atoms with E-state index in [4.69, 9.17) is 5.73 Å². The molecule has 2 rings (SSSR count). The Balaban J connectivity index is 2.12. The van der Waals surface area contributed by atoms with Crippen LogP contribution in [0.1, 0.15) is 33.1 Å². The SMILES string of the molecule is CC1C(C)S(=O)(=O)CCN1C(=O)[C@@H]1CCC[C@@H]1CN. The number of nitrogens with zero attached hydrogens (tertiary/aromatic N) is 1. The van der Waals surface area contributed by atoms with Gasteiger partial charge in [0.15, 0.2) is 9.84 Å². The van der Waals surface area contributed by atoms with Crippen molar-refractivity contribution >= 4 is 15.7 Å². The molecule has 1 amide bonds. The first-order valence-corrected chi connectivity index (χ1v) is 8.82. The predicted molar refractivity (Wildman–Crippen MR) is 74.3 cm³/mol. The van der Waals surface area contributed by atoms with E-state index in [-0.39, 0.29) is 29.5 Å². The molecule has 2 fully saturated rings. The molecular weight excluding hydrogens is 264 g/mol. The first-order valence-electron chi connectivity index (χ1n) is 7.10. The van der Waals surface area contributed by atoms with E-state index >= 15 is 0 Å². The Kier molecular flexibility index (Phi) is 4.20. The average molecular weight is 288 g/mol. The summed E-state index contributed by atoms with van der Waals surface area (Å²) in [5, 5.41) is -0.470. The minimum atomic E-state index is -3.04. The molecule has 1 heterocycles. The molecule has 1 aliphatic carbocycles. The number of carbonyl (C=O) groups excluding carboxylic acids is 1. The van der Waals surface area contributed by atoms with Gasteiger partial charge >= 0.3 is 0 Å². The number of hydrogen-bond donors (Lipinski definition) is 1. The molecule has 1 aliphatic heterocycles. The fraction of sp³-hybridized carbons (Fsp3) is 0.923. The van der Waals surface area contributed by atoms with Gasteiger partial charge in [-0.05, 0) is 39.2 Å². The molecule has 1 saturated carbocycles. The quantitative estimate of drug-likeness (QED) is 0.797. The zero-order chi connectivity index (χ0) is 14.2. The van der Waals surface area contributed by atoms with Crippen molar-refractivity contribution in [3.8, 4) is 0 Å². The molecule has 2 unspecified atom stereocenters. The van der Waals surface area contributed by atoms with Gasteiger partial charge in [-0.15, -0.1) is 0 Å². The van der Waals surface area contributed by atoms with E-state index in [1.54, 1.807) is 11.8 Å². The Labute approximate surface area is 115 Å². The molecular formula is C13H24N2O3S. The van der Waals surface area contributed by atoms with Gasteiger partial charge in [-0.25, -0.2) is 8.42 Å². The van der Waals surface area contributed by atoms with Crippen molar-refractivity contribution in [1.29, 1.82) is 0 Å². The molecule has 1 saturated heterocycles. The van der Waals surface area contributed by atoms with Gasteiger partial charge in [-0.2, -0.15) is 0 Å². The maximum Gasteiger partial charge on any atom is 0.226 e. The molecule has 6 heteroatoms. The fourth-order valence-corrected chi connectivity index (χ4v) is 4.91. The van der Waals surface area contributed by atoms with E-state index in [0.29, 0.717) is 13.1 Å². The van der Waals surface area contributed by atoms with Crippen LogP contribution in [0.3, 0.4) is 0 Å². The Morgan fingerprint density at radius 1 is 1.32 bits per heavy atom. The second kappa shape index (κ2) is 5.40. The molecule has 0 aromatic rings. The van der Waals surface area contributed by atoms with Gasteiger partial charge < -0.3 is 10.6 Å². The number of amides is 1. The van der Waals surface area contributed by atoms with Crippen LogP contribution in [0, 0.1) is 11.8 Å². The van der Waals surface area contributed by atoms with E-state index in [2.05, 4.69) is 0 Å². The molecule has 0 radical (unpaired) electrons. The van der Waals surface area contributed by atoms with Gasteiger partial charge in [0, 0.05) is 18.5 Å². The third kappa shape index (κ3) is 2.65. The zero-order valence-electron chi connectivity index (χ0n) is 11.7. The smallest absolute Gasteiger partial charge is 0.226 e. The van der Waals surface area contributed by atoms with E-state index in [0.717, 1.165) is 19.3 Å². The van der Waals surface area contributed by atoms with Crippen LogP contribution in [0.4, 0.5) is 0 Å². The van der Waals surface area contributed by atoms with Crippen molar-refractivity contribution in [3.05, 3.63) is 0 Å². The van der Waals surface area contributed by atoms with Crippen LogP contribution in [0.25, 0.3) is 0 Å². The van der Waals surface area contributed by atoms with Crippen LogP contribution in [-0.4, -0.2) is 49.4 Å². The Bertz CT molecular complexity index is 449. The molecule has 0 bridgehead atoms. The van der Waals surface area contributed by atoms with Crippen molar-refractivity contribution in [1.82, 2.24) is 4.90 Å². The highest BCUT2D eigenvalue weighted by atomic mass is 32.2. The fourth-order valence-electron chi connectivity index (χ4n) is 3.34. The lowest BCUT2D eigenvalue weighted by atomic mass is 9.94. The average Bonchev–Trinajstić information content (AvgIpc) is 2.84. The van der Waals surface area contributed by atoms with E-state index in [1.165, 1.54) is 0 Å². The molecule has 4 atom stereocenters. The molecule has 0 spiro atoms. The summed E-state index contributed by atoms with van der Waals surface area (Å²) >= 11 is 0. The summed E-state index contributed by atoms with van der Waals surface area (Å²) in [4.78, 5) is 14.4. The largest absolute Gasteiger partial charge is 0.337 e. The molecule has 19 heavy (non-hydrogen) atoms. The molecule has 0 aromatic carbocycles. The highest BCUT2D eigenvalue weighted by Gasteiger charge is 2.42. The van der Waals surface area contributed by atoms with Gasteiger partial charge in [-0.1, -0.05) is 6.42 Å². The first kappa shape index (κ1) is 14.8. The van der Waals surface area contributed by atoms with Gasteiger partial charge in [0.1, 0.15) is 0 Å². The minimum Gasteiger partial charge on any atom is -0.337 e. The summed E-state index contributed by atoms with van der Waals surface area (Å²) in [5.74, 6) is 0.473. The summed E-state index contributed by atoms with van der Waals surface area (Å²) < 4.78 is 23.7. The highest BCUT2D eigenvalue weighted by molar-refractivity contribution is 7.92. The molecule has 2 N–H and O–H groups in total. The highest BCUT2D eigenvalue weighted by Crippen LogP contribution is 2.34. The molecule has 110 valence electrons. The predicted octanol–water partition coefficient (Wildman–Crippen LogP) is 0.395. The normalized spacial score (nSPS) is 38.4. The first-order chi connectivity index (χ1) is 8.88. The van der Waals surface area contributed by atoms with Crippen LogP contribution in [-0.2, 0) is 14.6 Å². The lowest BCUT2D eigenvalue weighted by molar-refractivity contribution is -0.138. The topological polar surface area (TPSA) is 80.5 Å². The van der Waals surface area contributed by atoms with E-state index in [9.17, 15) is 13.2 Å². The Hall–Kier alpha value is -0.620. The lowest BCUT2D eigenvalue weighted by Crippen LogP contribution is -2.56. The number of hydrogen-bond acceptors (Lipinski definition) is 4. The van der Waals surface area contributed by atoms with Gasteiger partial charge in [0.2, 0.25) is 5.91 Å². The standard InChI is InChI=1S/C13H24N2O3S/c1-9-10(2)19(17,18)7-6-15(9)13(16)12-5-3-4-11(12)8-14/h9-12H,3-8,14H2,1-2H3/t9?,10?,11-,12-/m1/s1. The minimum absolute atomic E-state index is 0.000420. The van der Waals surface area contributed by atoms with Gasteiger partial charge in [0.05, 0.1) is 11.0 Å². The van der Waals surface area contributed by atoms with Crippen LogP contribution in [0.15, 0.2) is 0 Å². The third-order valence-electron chi connectivity index (χ3n) is 4.92. The molecule has 0 aromatic heterocycles. The van der Waals surface area contributed by atoms with Crippen molar-refractivity contribution in [2.75, 3.05) is 18.8 Å². The number of nitrogens with two attached hydrogens (primary N) is 1. The van der Waals surface area contributed by atoms with Crippen LogP contribution in [0.5, 0.6) is 0 Å². The van der Waals surface area contributed by atoms with E-state index < -0.39 is 15.1 Å². The van der Waals surface area contributed by atoms with Gasteiger partial charge in [-0.3, -0.25) is 4.79 Å². The second-order valence-electron chi connectivity index (χ2n) is 5.88. The summed E-state index contributed by atoms with van der Waals surface area (Å²) in [5.41, 5.74) is 5.73. The summed E-state index contributed by atoms with van der Waals surface area (Å²) in [6, 6.07) is -0.231. The maximum atomic E-state index is 12.6. The number of rotatable bonds is 2. The molecule has 2 aliphatic rings. The summed E-state index contributed by atoms with van der Waals surface area (Å²) in [7, 11) is -3.04. The second-order valence-corrected chi connectivity index (χ2v) is 8.36. The third-order valence-corrected chi connectivity index (χ3v) is 7.19. The van der Waals surface area contributed by atoms with Crippen molar-refractivity contribution in [2.24, 2.45) is 17.6 Å². The maximum absolute atomic E-state index is 12.6. The Morgan fingerprint density at radius 2 is 2.00 bits per heavy atom. The lowest BCUT2D eigenvalue weighted by Gasteiger charge is -2.39. The summed E-state index contributed by atoms with van der Waals surface area (Å²) in [6.07, 6.45) is 2.96. The monoisotopic (exact) mass is 288 g/mol. The van der Waals surface area contributed by atoms with Gasteiger partial charge in [0.25, 0.3) is 0 Å². The van der Waals surface area contributed by atoms with E-state index in [1.807, 2.05) is 6.92 Å². The van der Waals surface area contributed by atoms with Crippen molar-refractivity contribution in [3.63, 3.8) is 0 Å². The van der Waals surface area contributed by atoms with Crippen LogP contribution in [0.2, 0.25) is 0 Å². The van der Waals surface area contributed by atoms with Crippen LogP contribution < -0.4 is 5.73 Å². The van der Waals surface area contributed by atoms with Crippen molar-refractivity contribution < 1.29 is 13.2 Å². The van der Waals surface area contributed by atoms with Crippen LogP contribution >= 0.6 is 0 Å². The number of sulfone groups is 1.